The highest BCUT2D eigenvalue weighted by atomic mass is 16.5. The summed E-state index contributed by atoms with van der Waals surface area (Å²) in [7, 11) is 2.12. The molecule has 0 fully saturated rings. The minimum atomic E-state index is 0.198. The molecule has 0 spiro atoms. The summed E-state index contributed by atoms with van der Waals surface area (Å²) in [6, 6.07) is 6.64. The number of anilines is 1. The second-order valence-corrected chi connectivity index (χ2v) is 4.51. The Labute approximate surface area is 97.2 Å². The number of nitrogens with zero attached hydrogens (tertiary/aromatic N) is 1. The third-order valence-corrected chi connectivity index (χ3v) is 3.44. The largest absolute Gasteiger partial charge is 0.486 e. The molecule has 0 radical (unpaired) electrons. The first-order valence-electron chi connectivity index (χ1n) is 5.84. The van der Waals surface area contributed by atoms with Gasteiger partial charge in [0, 0.05) is 7.05 Å². The van der Waals surface area contributed by atoms with E-state index in [4.69, 9.17) is 10.5 Å². The molecule has 0 saturated heterocycles. The Balaban J connectivity index is 2.36. The Kier molecular flexibility index (Phi) is 3.06. The molecular formula is C13H20N2O. The van der Waals surface area contributed by atoms with Crippen LogP contribution in [-0.4, -0.2) is 25.7 Å². The van der Waals surface area contributed by atoms with Crippen molar-refractivity contribution in [3.8, 4) is 5.75 Å². The van der Waals surface area contributed by atoms with E-state index < -0.39 is 0 Å². The molecule has 0 saturated carbocycles. The zero-order valence-corrected chi connectivity index (χ0v) is 10.2. The Bertz CT molecular complexity index is 378. The van der Waals surface area contributed by atoms with Gasteiger partial charge in [-0.15, -0.1) is 0 Å². The maximum Gasteiger partial charge on any atom is 0.146 e. The number of fused-ring (bicyclic) bond motifs is 1. The molecule has 2 atom stereocenters. The highest BCUT2D eigenvalue weighted by Crippen LogP contribution is 2.38. The van der Waals surface area contributed by atoms with Crippen LogP contribution >= 0.6 is 0 Å². The molecule has 88 valence electrons. The molecule has 2 unspecified atom stereocenters. The van der Waals surface area contributed by atoms with Gasteiger partial charge in [0.25, 0.3) is 0 Å². The van der Waals surface area contributed by atoms with Crippen molar-refractivity contribution in [3.05, 3.63) is 23.8 Å². The minimum Gasteiger partial charge on any atom is -0.486 e. The quantitative estimate of drug-likeness (QED) is 0.827. The third-order valence-electron chi connectivity index (χ3n) is 3.44. The molecule has 1 aliphatic heterocycles. The van der Waals surface area contributed by atoms with Crippen molar-refractivity contribution in [1.29, 1.82) is 0 Å². The van der Waals surface area contributed by atoms with E-state index in [1.165, 1.54) is 11.3 Å². The van der Waals surface area contributed by atoms with Crippen LogP contribution in [0.5, 0.6) is 5.75 Å². The van der Waals surface area contributed by atoms with Crippen LogP contribution in [-0.2, 0) is 0 Å². The van der Waals surface area contributed by atoms with Crippen molar-refractivity contribution in [2.75, 3.05) is 18.5 Å². The van der Waals surface area contributed by atoms with Gasteiger partial charge in [-0.3, -0.25) is 0 Å². The summed E-state index contributed by atoms with van der Waals surface area (Å²) in [4.78, 5) is 2.28. The predicted octanol–water partition coefficient (Wildman–Crippen LogP) is 1.93. The summed E-state index contributed by atoms with van der Waals surface area (Å²) in [5, 5.41) is 0. The van der Waals surface area contributed by atoms with Crippen molar-refractivity contribution in [2.45, 2.75) is 32.4 Å². The highest BCUT2D eigenvalue weighted by molar-refractivity contribution is 5.63. The number of ether oxygens (including phenoxy) is 1. The molecule has 0 bridgehead atoms. The lowest BCUT2D eigenvalue weighted by Crippen LogP contribution is -2.46. The molecule has 1 aliphatic rings. The molecule has 0 aromatic heterocycles. The molecule has 0 aliphatic carbocycles. The van der Waals surface area contributed by atoms with Gasteiger partial charge in [0.1, 0.15) is 11.9 Å². The fraction of sp³-hybridized carbons (Fsp3) is 0.538. The van der Waals surface area contributed by atoms with Crippen LogP contribution in [0.4, 0.5) is 5.69 Å². The van der Waals surface area contributed by atoms with E-state index >= 15 is 0 Å². The SMILES string of the molecule is Cc1cccc2c1OC(CCN)C(C)N2C. The monoisotopic (exact) mass is 220 g/mol. The molecule has 0 amide bonds. The van der Waals surface area contributed by atoms with Gasteiger partial charge in [-0.05, 0) is 38.4 Å². The molecule has 1 aromatic rings. The second-order valence-electron chi connectivity index (χ2n) is 4.51. The van der Waals surface area contributed by atoms with Crippen molar-refractivity contribution < 1.29 is 4.74 Å². The maximum atomic E-state index is 6.06. The minimum absolute atomic E-state index is 0.198. The van der Waals surface area contributed by atoms with E-state index in [2.05, 4.69) is 44.0 Å². The lowest BCUT2D eigenvalue weighted by Gasteiger charge is -2.40. The van der Waals surface area contributed by atoms with Gasteiger partial charge >= 0.3 is 0 Å². The lowest BCUT2D eigenvalue weighted by molar-refractivity contribution is 0.153. The molecule has 1 aromatic carbocycles. The average molecular weight is 220 g/mol. The van der Waals surface area contributed by atoms with E-state index in [-0.39, 0.29) is 6.10 Å². The van der Waals surface area contributed by atoms with Gasteiger partial charge in [0.2, 0.25) is 0 Å². The summed E-state index contributed by atoms with van der Waals surface area (Å²) in [5.74, 6) is 1.02. The number of hydrogen-bond acceptors (Lipinski definition) is 3. The lowest BCUT2D eigenvalue weighted by atomic mass is 10.0. The summed E-state index contributed by atoms with van der Waals surface area (Å²) in [6.45, 7) is 4.94. The van der Waals surface area contributed by atoms with Gasteiger partial charge < -0.3 is 15.4 Å². The first kappa shape index (κ1) is 11.3. The molecular weight excluding hydrogens is 200 g/mol. The fourth-order valence-electron chi connectivity index (χ4n) is 2.25. The van der Waals surface area contributed by atoms with Crippen molar-refractivity contribution in [3.63, 3.8) is 0 Å². The van der Waals surface area contributed by atoms with Gasteiger partial charge in [-0.25, -0.2) is 0 Å². The Morgan fingerprint density at radius 3 is 2.88 bits per heavy atom. The summed E-state index contributed by atoms with van der Waals surface area (Å²) in [6.07, 6.45) is 1.10. The number of nitrogens with two attached hydrogens (primary N) is 1. The predicted molar refractivity (Wildman–Crippen MR) is 67.1 cm³/mol. The van der Waals surface area contributed by atoms with Gasteiger partial charge in [-0.1, -0.05) is 12.1 Å². The van der Waals surface area contributed by atoms with E-state index in [0.717, 1.165) is 12.2 Å². The topological polar surface area (TPSA) is 38.5 Å². The third kappa shape index (κ3) is 1.76. The smallest absolute Gasteiger partial charge is 0.146 e. The van der Waals surface area contributed by atoms with E-state index in [9.17, 15) is 0 Å². The number of para-hydroxylation sites is 1. The van der Waals surface area contributed by atoms with Crippen LogP contribution in [0.1, 0.15) is 18.9 Å². The highest BCUT2D eigenvalue weighted by Gasteiger charge is 2.30. The van der Waals surface area contributed by atoms with Gasteiger partial charge in [0.05, 0.1) is 11.7 Å². The second kappa shape index (κ2) is 4.34. The fourth-order valence-corrected chi connectivity index (χ4v) is 2.25. The Hall–Kier alpha value is -1.22. The van der Waals surface area contributed by atoms with Crippen molar-refractivity contribution in [1.82, 2.24) is 0 Å². The van der Waals surface area contributed by atoms with Crippen molar-refractivity contribution >= 4 is 5.69 Å². The molecule has 3 nitrogen and oxygen atoms in total. The molecule has 16 heavy (non-hydrogen) atoms. The maximum absolute atomic E-state index is 6.06. The standard InChI is InChI=1S/C13H20N2O/c1-9-5-4-6-11-13(9)16-12(7-8-14)10(2)15(11)3/h4-6,10,12H,7-8,14H2,1-3H3. The van der Waals surface area contributed by atoms with Crippen LogP contribution in [0.15, 0.2) is 18.2 Å². The number of rotatable bonds is 2. The van der Waals surface area contributed by atoms with Crippen LogP contribution in [0.2, 0.25) is 0 Å². The Morgan fingerprint density at radius 1 is 1.44 bits per heavy atom. The number of hydrogen-bond donors (Lipinski definition) is 1. The summed E-state index contributed by atoms with van der Waals surface area (Å²) >= 11 is 0. The first-order valence-corrected chi connectivity index (χ1v) is 5.84. The van der Waals surface area contributed by atoms with E-state index in [1.54, 1.807) is 0 Å². The summed E-state index contributed by atoms with van der Waals surface area (Å²) < 4.78 is 6.06. The molecule has 2 rings (SSSR count). The van der Waals surface area contributed by atoms with Crippen LogP contribution < -0.4 is 15.4 Å². The van der Waals surface area contributed by atoms with Gasteiger partial charge in [0.15, 0.2) is 0 Å². The van der Waals surface area contributed by atoms with Crippen molar-refractivity contribution in [2.24, 2.45) is 5.73 Å². The Morgan fingerprint density at radius 2 is 2.19 bits per heavy atom. The van der Waals surface area contributed by atoms with Crippen LogP contribution in [0.3, 0.4) is 0 Å². The van der Waals surface area contributed by atoms with E-state index in [1.807, 2.05) is 0 Å². The van der Waals surface area contributed by atoms with E-state index in [0.29, 0.717) is 12.6 Å². The van der Waals surface area contributed by atoms with Crippen LogP contribution in [0.25, 0.3) is 0 Å². The summed E-state index contributed by atoms with van der Waals surface area (Å²) in [5.41, 5.74) is 8.00. The molecule has 3 heteroatoms. The zero-order chi connectivity index (χ0) is 11.7. The van der Waals surface area contributed by atoms with Crippen LogP contribution in [0, 0.1) is 6.92 Å². The number of aryl methyl sites for hydroxylation is 1. The molecule has 1 heterocycles. The normalized spacial score (nSPS) is 23.9. The first-order chi connectivity index (χ1) is 7.65. The zero-order valence-electron chi connectivity index (χ0n) is 10.2. The number of likely N-dealkylation sites (N-methyl/N-ethyl adjacent to an activating group) is 1. The number of benzene rings is 1. The average Bonchev–Trinajstić information content (AvgIpc) is 2.27. The molecule has 2 N–H and O–H groups in total. The van der Waals surface area contributed by atoms with Gasteiger partial charge in [-0.2, -0.15) is 0 Å².